The van der Waals surface area contributed by atoms with Crippen LogP contribution in [0, 0.1) is 0 Å². The van der Waals surface area contributed by atoms with Crippen LogP contribution in [-0.4, -0.2) is 31.3 Å². The average molecular weight is 299 g/mol. The number of anilines is 1. The fourth-order valence-electron chi connectivity index (χ4n) is 1.91. The fraction of sp³-hybridized carbons (Fsp3) is 0.500. The topological polar surface area (TPSA) is 83.5 Å². The van der Waals surface area contributed by atoms with E-state index in [1.54, 1.807) is 24.3 Å². The van der Waals surface area contributed by atoms with Crippen LogP contribution in [0.5, 0.6) is 0 Å². The Balaban J connectivity index is 2.88. The molecule has 0 amide bonds. The normalized spacial score (nSPS) is 12.9. The Morgan fingerprint density at radius 3 is 2.60 bits per heavy atom. The van der Waals surface area contributed by atoms with Gasteiger partial charge in [0.25, 0.3) is 0 Å². The third kappa shape index (κ3) is 4.85. The average Bonchev–Trinajstić information content (AvgIpc) is 2.37. The molecule has 1 aromatic carbocycles. The van der Waals surface area contributed by atoms with Gasteiger partial charge in [-0.25, -0.2) is 8.42 Å². The molecule has 0 aromatic heterocycles. The maximum atomic E-state index is 12.2. The van der Waals surface area contributed by atoms with Gasteiger partial charge in [-0.05, 0) is 31.9 Å². The number of nitrogens with one attached hydrogen (secondary N) is 1. The Morgan fingerprint density at radius 1 is 1.35 bits per heavy atom. The predicted molar refractivity (Wildman–Crippen MR) is 78.7 cm³/mol. The van der Waals surface area contributed by atoms with Gasteiger partial charge in [0.15, 0.2) is 9.84 Å². The minimum Gasteiger partial charge on any atom is -0.481 e. The van der Waals surface area contributed by atoms with Gasteiger partial charge in [0, 0.05) is 12.5 Å². The quantitative estimate of drug-likeness (QED) is 0.770. The van der Waals surface area contributed by atoms with Crippen molar-refractivity contribution in [3.8, 4) is 0 Å². The number of benzene rings is 1. The second kappa shape index (κ2) is 7.28. The van der Waals surface area contributed by atoms with E-state index in [4.69, 9.17) is 5.11 Å². The highest BCUT2D eigenvalue weighted by atomic mass is 32.2. The zero-order valence-electron chi connectivity index (χ0n) is 11.8. The first-order valence-corrected chi connectivity index (χ1v) is 8.32. The number of sulfone groups is 1. The summed E-state index contributed by atoms with van der Waals surface area (Å²) < 4.78 is 24.3. The minimum atomic E-state index is -3.30. The monoisotopic (exact) mass is 299 g/mol. The molecule has 0 saturated carbocycles. The Bertz CT molecular complexity index is 554. The number of para-hydroxylation sites is 1. The van der Waals surface area contributed by atoms with E-state index in [0.29, 0.717) is 18.5 Å². The van der Waals surface area contributed by atoms with Crippen molar-refractivity contribution in [3.63, 3.8) is 0 Å². The summed E-state index contributed by atoms with van der Waals surface area (Å²) in [7, 11) is -3.30. The SMILES string of the molecule is CCCS(=O)(=O)c1ccccc1NC(C)CCC(=O)O. The Hall–Kier alpha value is -1.56. The number of hydrogen-bond donors (Lipinski definition) is 2. The molecule has 6 heteroatoms. The van der Waals surface area contributed by atoms with Crippen molar-refractivity contribution in [2.75, 3.05) is 11.1 Å². The van der Waals surface area contributed by atoms with Gasteiger partial charge in [0.05, 0.1) is 16.3 Å². The van der Waals surface area contributed by atoms with Crippen molar-refractivity contribution < 1.29 is 18.3 Å². The molecular formula is C14H21NO4S. The van der Waals surface area contributed by atoms with Crippen molar-refractivity contribution in [2.45, 2.75) is 44.0 Å². The highest BCUT2D eigenvalue weighted by molar-refractivity contribution is 7.91. The molecule has 0 aliphatic carbocycles. The first-order chi connectivity index (χ1) is 9.36. The zero-order chi connectivity index (χ0) is 15.2. The van der Waals surface area contributed by atoms with Crippen molar-refractivity contribution >= 4 is 21.5 Å². The molecule has 0 radical (unpaired) electrons. The second-order valence-corrected chi connectivity index (χ2v) is 6.87. The minimum absolute atomic E-state index is 0.0536. The van der Waals surface area contributed by atoms with E-state index in [2.05, 4.69) is 5.32 Å². The maximum absolute atomic E-state index is 12.2. The van der Waals surface area contributed by atoms with Gasteiger partial charge in [-0.3, -0.25) is 4.79 Å². The molecule has 0 aliphatic heterocycles. The largest absolute Gasteiger partial charge is 0.481 e. The summed E-state index contributed by atoms with van der Waals surface area (Å²) in [6.07, 6.45) is 1.06. The smallest absolute Gasteiger partial charge is 0.303 e. The van der Waals surface area contributed by atoms with E-state index in [1.807, 2.05) is 13.8 Å². The number of carbonyl (C=O) groups is 1. The fourth-order valence-corrected chi connectivity index (χ4v) is 3.42. The molecule has 112 valence electrons. The Kier molecular flexibility index (Phi) is 6.01. The van der Waals surface area contributed by atoms with Gasteiger partial charge in [-0.15, -0.1) is 0 Å². The summed E-state index contributed by atoms with van der Waals surface area (Å²) in [5, 5.41) is 11.7. The van der Waals surface area contributed by atoms with E-state index in [9.17, 15) is 13.2 Å². The van der Waals surface area contributed by atoms with Gasteiger partial charge in [-0.2, -0.15) is 0 Å². The van der Waals surface area contributed by atoms with Crippen LogP contribution in [0.4, 0.5) is 5.69 Å². The molecule has 0 spiro atoms. The highest BCUT2D eigenvalue weighted by Crippen LogP contribution is 2.23. The number of hydrogen-bond acceptors (Lipinski definition) is 4. The Morgan fingerprint density at radius 2 is 2.00 bits per heavy atom. The van der Waals surface area contributed by atoms with Gasteiger partial charge >= 0.3 is 5.97 Å². The molecule has 1 unspecified atom stereocenters. The molecule has 0 saturated heterocycles. The number of carboxylic acid groups (broad SMARTS) is 1. The molecule has 0 fully saturated rings. The van der Waals surface area contributed by atoms with Crippen LogP contribution in [-0.2, 0) is 14.6 Å². The summed E-state index contributed by atoms with van der Waals surface area (Å²) in [5.74, 6) is -0.750. The van der Waals surface area contributed by atoms with Gasteiger partial charge in [0.2, 0.25) is 0 Å². The van der Waals surface area contributed by atoms with Crippen LogP contribution in [0.25, 0.3) is 0 Å². The second-order valence-electron chi connectivity index (χ2n) is 4.79. The first kappa shape index (κ1) is 16.5. The van der Waals surface area contributed by atoms with E-state index in [0.717, 1.165) is 0 Å². The number of aliphatic carboxylic acids is 1. The molecular weight excluding hydrogens is 278 g/mol. The first-order valence-electron chi connectivity index (χ1n) is 6.67. The van der Waals surface area contributed by atoms with Crippen molar-refractivity contribution in [3.05, 3.63) is 24.3 Å². The summed E-state index contributed by atoms with van der Waals surface area (Å²) in [4.78, 5) is 10.8. The lowest BCUT2D eigenvalue weighted by Crippen LogP contribution is -2.19. The van der Waals surface area contributed by atoms with Crippen LogP contribution in [0.3, 0.4) is 0 Å². The molecule has 5 nitrogen and oxygen atoms in total. The van der Waals surface area contributed by atoms with Crippen LogP contribution in [0.1, 0.15) is 33.1 Å². The van der Waals surface area contributed by atoms with E-state index in [1.165, 1.54) is 0 Å². The lowest BCUT2D eigenvalue weighted by atomic mass is 10.1. The van der Waals surface area contributed by atoms with Crippen LogP contribution in [0.15, 0.2) is 29.2 Å². The summed E-state index contributed by atoms with van der Waals surface area (Å²) in [5.41, 5.74) is 0.541. The summed E-state index contributed by atoms with van der Waals surface area (Å²) >= 11 is 0. The van der Waals surface area contributed by atoms with Gasteiger partial charge < -0.3 is 10.4 Å². The van der Waals surface area contributed by atoms with E-state index >= 15 is 0 Å². The van der Waals surface area contributed by atoms with Crippen LogP contribution >= 0.6 is 0 Å². The molecule has 0 bridgehead atoms. The lowest BCUT2D eigenvalue weighted by Gasteiger charge is -2.17. The molecule has 0 aliphatic rings. The molecule has 1 atom stereocenters. The zero-order valence-corrected chi connectivity index (χ0v) is 12.6. The molecule has 1 rings (SSSR count). The Labute approximate surface area is 119 Å². The van der Waals surface area contributed by atoms with Crippen LogP contribution in [0.2, 0.25) is 0 Å². The summed E-state index contributed by atoms with van der Waals surface area (Å²) in [6.45, 7) is 3.66. The van der Waals surface area contributed by atoms with Gasteiger partial charge in [-0.1, -0.05) is 19.1 Å². The third-order valence-corrected chi connectivity index (χ3v) is 4.86. The number of carboxylic acids is 1. The highest BCUT2D eigenvalue weighted by Gasteiger charge is 2.18. The van der Waals surface area contributed by atoms with Crippen molar-refractivity contribution in [1.82, 2.24) is 0 Å². The molecule has 20 heavy (non-hydrogen) atoms. The standard InChI is InChI=1S/C14H21NO4S/c1-3-10-20(18,19)13-7-5-4-6-12(13)15-11(2)8-9-14(16)17/h4-7,11,15H,3,8-10H2,1-2H3,(H,16,17). The number of rotatable bonds is 8. The van der Waals surface area contributed by atoms with Crippen molar-refractivity contribution in [1.29, 1.82) is 0 Å². The molecule has 2 N–H and O–H groups in total. The maximum Gasteiger partial charge on any atom is 0.303 e. The lowest BCUT2D eigenvalue weighted by molar-refractivity contribution is -0.137. The van der Waals surface area contributed by atoms with Crippen molar-refractivity contribution in [2.24, 2.45) is 0 Å². The predicted octanol–water partition coefficient (Wildman–Crippen LogP) is 2.54. The molecule has 0 heterocycles. The van der Waals surface area contributed by atoms with E-state index < -0.39 is 15.8 Å². The van der Waals surface area contributed by atoms with E-state index in [-0.39, 0.29) is 23.1 Å². The third-order valence-electron chi connectivity index (χ3n) is 2.89. The van der Waals surface area contributed by atoms with Crippen LogP contribution < -0.4 is 5.32 Å². The molecule has 1 aromatic rings. The van der Waals surface area contributed by atoms with Gasteiger partial charge in [0.1, 0.15) is 0 Å². The summed E-state index contributed by atoms with van der Waals surface area (Å²) in [6, 6.07) is 6.63.